The van der Waals surface area contributed by atoms with Crippen LogP contribution in [0.1, 0.15) is 44.2 Å². The first kappa shape index (κ1) is 24.7. The average molecular weight is 491 g/mol. The highest BCUT2D eigenvalue weighted by molar-refractivity contribution is 5.97. The van der Waals surface area contributed by atoms with Crippen molar-refractivity contribution in [1.29, 1.82) is 0 Å². The Balaban J connectivity index is 1.33. The minimum atomic E-state index is -0.944. The Morgan fingerprint density at radius 1 is 1.20 bits per heavy atom. The lowest BCUT2D eigenvalue weighted by molar-refractivity contribution is -0.159. The summed E-state index contributed by atoms with van der Waals surface area (Å²) in [5, 5.41) is 12.4. The Morgan fingerprint density at radius 2 is 1.94 bits per heavy atom. The highest BCUT2D eigenvalue weighted by atomic mass is 16.6. The predicted molar refractivity (Wildman–Crippen MR) is 118 cm³/mol. The van der Waals surface area contributed by atoms with Crippen molar-refractivity contribution in [2.24, 2.45) is 11.8 Å². The van der Waals surface area contributed by atoms with Gasteiger partial charge in [-0.1, -0.05) is 12.8 Å². The van der Waals surface area contributed by atoms with E-state index in [1.807, 2.05) is 0 Å². The zero-order chi connectivity index (χ0) is 24.8. The summed E-state index contributed by atoms with van der Waals surface area (Å²) in [6.07, 6.45) is 5.44. The third-order valence-corrected chi connectivity index (χ3v) is 6.69. The molecule has 1 saturated heterocycles. The molecule has 0 radical (unpaired) electrons. The number of rotatable bonds is 8. The second kappa shape index (κ2) is 11.3. The molecule has 0 spiro atoms. The molecular weight excluding hydrogens is 460 g/mol. The molecule has 2 N–H and O–H groups in total. The van der Waals surface area contributed by atoms with E-state index < -0.39 is 24.0 Å². The third kappa shape index (κ3) is 5.99. The fourth-order valence-electron chi connectivity index (χ4n) is 4.98. The first-order chi connectivity index (χ1) is 17.0. The molecule has 2 fully saturated rings. The van der Waals surface area contributed by atoms with E-state index in [0.29, 0.717) is 54.9 Å². The number of likely N-dealkylation sites (tertiary alicyclic amines) is 1. The molecule has 2 aliphatic heterocycles. The first-order valence-electron chi connectivity index (χ1n) is 11.9. The predicted octanol–water partition coefficient (Wildman–Crippen LogP) is 1.25. The second-order valence-electron chi connectivity index (χ2n) is 8.95. The van der Waals surface area contributed by atoms with Gasteiger partial charge in [-0.05, 0) is 31.6 Å². The standard InChI is InChI=1S/C23H30N4O8/c28-14-26(32)12-17(15-4-1-2-5-15)22(30)27-7-3-6-18(27)21(29)25-23(31)35-13-16-10-19-20(11-24-16)34-9-8-33-19/h10-11,14-15,17-18,32H,1-9,12-13H2,(H,25,29,31)/t17?,18-/m0/s1. The normalized spacial score (nSPS) is 20.3. The van der Waals surface area contributed by atoms with Crippen molar-refractivity contribution in [3.8, 4) is 11.5 Å². The number of imide groups is 1. The molecule has 12 nitrogen and oxygen atoms in total. The largest absolute Gasteiger partial charge is 0.486 e. The van der Waals surface area contributed by atoms with Crippen LogP contribution in [0, 0.1) is 11.8 Å². The van der Waals surface area contributed by atoms with Crippen LogP contribution >= 0.6 is 0 Å². The van der Waals surface area contributed by atoms with Crippen LogP contribution in [0.4, 0.5) is 4.79 Å². The lowest BCUT2D eigenvalue weighted by atomic mass is 9.89. The maximum Gasteiger partial charge on any atom is 0.414 e. The maximum atomic E-state index is 13.4. The highest BCUT2D eigenvalue weighted by Crippen LogP contribution is 2.34. The van der Waals surface area contributed by atoms with Gasteiger partial charge in [-0.15, -0.1) is 0 Å². The molecule has 3 heterocycles. The molecule has 190 valence electrons. The van der Waals surface area contributed by atoms with Crippen LogP contribution in [0.15, 0.2) is 12.3 Å². The molecule has 4 amide bonds. The molecule has 3 aliphatic rings. The van der Waals surface area contributed by atoms with Crippen LogP contribution in [-0.4, -0.2) is 76.8 Å². The Hall–Kier alpha value is -3.41. The second-order valence-corrected chi connectivity index (χ2v) is 8.95. The Morgan fingerprint density at radius 3 is 2.69 bits per heavy atom. The number of hydroxylamine groups is 2. The summed E-state index contributed by atoms with van der Waals surface area (Å²) in [6, 6.07) is 0.781. The van der Waals surface area contributed by atoms with Crippen LogP contribution in [0.25, 0.3) is 0 Å². The Kier molecular flexibility index (Phi) is 8.01. The van der Waals surface area contributed by atoms with Crippen molar-refractivity contribution in [2.75, 3.05) is 26.3 Å². The number of carbonyl (C=O) groups excluding carboxylic acids is 4. The van der Waals surface area contributed by atoms with Gasteiger partial charge in [-0.25, -0.2) is 9.86 Å². The van der Waals surface area contributed by atoms with E-state index in [4.69, 9.17) is 14.2 Å². The van der Waals surface area contributed by atoms with Crippen LogP contribution in [0.5, 0.6) is 11.5 Å². The summed E-state index contributed by atoms with van der Waals surface area (Å²) >= 11 is 0. The molecule has 2 atom stereocenters. The fourth-order valence-corrected chi connectivity index (χ4v) is 4.98. The molecular formula is C23H30N4O8. The SMILES string of the molecule is O=CN(O)CC(C(=O)N1CCC[C@H]1C(=O)NC(=O)OCc1cc2c(cn1)OCCO2)C1CCCC1. The summed E-state index contributed by atoms with van der Waals surface area (Å²) in [5.41, 5.74) is 0.428. The van der Waals surface area contributed by atoms with Gasteiger partial charge in [-0.3, -0.25) is 29.9 Å². The highest BCUT2D eigenvalue weighted by Gasteiger charge is 2.41. The summed E-state index contributed by atoms with van der Waals surface area (Å²) in [4.78, 5) is 55.0. The minimum absolute atomic E-state index is 0.0323. The van der Waals surface area contributed by atoms with Gasteiger partial charge in [-0.2, -0.15) is 0 Å². The van der Waals surface area contributed by atoms with Gasteiger partial charge in [0.15, 0.2) is 11.5 Å². The van der Waals surface area contributed by atoms with E-state index >= 15 is 0 Å². The van der Waals surface area contributed by atoms with Gasteiger partial charge >= 0.3 is 6.09 Å². The zero-order valence-corrected chi connectivity index (χ0v) is 19.4. The minimum Gasteiger partial charge on any atom is -0.486 e. The number of nitrogens with zero attached hydrogens (tertiary/aromatic N) is 3. The maximum absolute atomic E-state index is 13.4. The molecule has 0 aromatic carbocycles. The number of pyridine rings is 1. The molecule has 35 heavy (non-hydrogen) atoms. The Bertz CT molecular complexity index is 951. The number of hydrogen-bond acceptors (Lipinski definition) is 9. The molecule has 12 heteroatoms. The van der Waals surface area contributed by atoms with Crippen molar-refractivity contribution in [2.45, 2.75) is 51.2 Å². The number of carbonyl (C=O) groups is 4. The summed E-state index contributed by atoms with van der Waals surface area (Å²) in [7, 11) is 0. The fraction of sp³-hybridized carbons (Fsp3) is 0.609. The molecule has 1 aromatic heterocycles. The van der Waals surface area contributed by atoms with Gasteiger partial charge < -0.3 is 19.1 Å². The quantitative estimate of drug-likeness (QED) is 0.312. The Labute approximate surface area is 202 Å². The van der Waals surface area contributed by atoms with E-state index in [0.717, 1.165) is 25.7 Å². The number of nitrogens with one attached hydrogen (secondary N) is 1. The van der Waals surface area contributed by atoms with E-state index in [2.05, 4.69) is 10.3 Å². The van der Waals surface area contributed by atoms with Crippen LogP contribution in [0.3, 0.4) is 0 Å². The molecule has 1 aromatic rings. The number of alkyl carbamates (subject to hydrolysis) is 1. The van der Waals surface area contributed by atoms with Crippen molar-refractivity contribution >= 4 is 24.3 Å². The molecule has 4 rings (SSSR count). The van der Waals surface area contributed by atoms with E-state index in [1.54, 1.807) is 6.07 Å². The van der Waals surface area contributed by atoms with E-state index in [9.17, 15) is 24.4 Å². The van der Waals surface area contributed by atoms with Crippen molar-refractivity contribution in [3.63, 3.8) is 0 Å². The lowest BCUT2D eigenvalue weighted by Crippen LogP contribution is -2.51. The zero-order valence-electron chi connectivity index (χ0n) is 19.4. The van der Waals surface area contributed by atoms with E-state index in [1.165, 1.54) is 11.1 Å². The van der Waals surface area contributed by atoms with Crippen molar-refractivity contribution in [1.82, 2.24) is 20.3 Å². The average Bonchev–Trinajstić information content (AvgIpc) is 3.58. The van der Waals surface area contributed by atoms with Crippen LogP contribution in [0.2, 0.25) is 0 Å². The molecule has 1 aliphatic carbocycles. The number of ether oxygens (including phenoxy) is 3. The van der Waals surface area contributed by atoms with Gasteiger partial charge in [0.05, 0.1) is 24.4 Å². The molecule has 1 saturated carbocycles. The smallest absolute Gasteiger partial charge is 0.414 e. The number of fused-ring (bicyclic) bond motifs is 1. The first-order valence-corrected chi connectivity index (χ1v) is 11.9. The third-order valence-electron chi connectivity index (χ3n) is 6.69. The van der Waals surface area contributed by atoms with Crippen LogP contribution < -0.4 is 14.8 Å². The molecule has 0 bridgehead atoms. The van der Waals surface area contributed by atoms with Gasteiger partial charge in [0, 0.05) is 12.6 Å². The molecule has 1 unspecified atom stereocenters. The van der Waals surface area contributed by atoms with Crippen molar-refractivity contribution in [3.05, 3.63) is 18.0 Å². The summed E-state index contributed by atoms with van der Waals surface area (Å²) < 4.78 is 16.0. The number of amides is 4. The number of hydrogen-bond donors (Lipinski definition) is 2. The number of aromatic nitrogens is 1. The van der Waals surface area contributed by atoms with Crippen LogP contribution in [-0.2, 0) is 25.7 Å². The van der Waals surface area contributed by atoms with Gasteiger partial charge in [0.1, 0.15) is 25.9 Å². The van der Waals surface area contributed by atoms with Crippen molar-refractivity contribution < 1.29 is 38.6 Å². The van der Waals surface area contributed by atoms with Gasteiger partial charge in [0.25, 0.3) is 5.91 Å². The summed E-state index contributed by atoms with van der Waals surface area (Å²) in [6.45, 7) is 0.915. The topological polar surface area (TPSA) is 148 Å². The van der Waals surface area contributed by atoms with Gasteiger partial charge in [0.2, 0.25) is 12.3 Å². The summed E-state index contributed by atoms with van der Waals surface area (Å²) in [5.74, 6) is -0.464. The lowest BCUT2D eigenvalue weighted by Gasteiger charge is -2.31. The van der Waals surface area contributed by atoms with E-state index in [-0.39, 0.29) is 31.4 Å². The monoisotopic (exact) mass is 490 g/mol.